The van der Waals surface area contributed by atoms with Crippen molar-refractivity contribution in [1.29, 1.82) is 0 Å². The number of benzene rings is 2. The summed E-state index contributed by atoms with van der Waals surface area (Å²) >= 11 is 0. The van der Waals surface area contributed by atoms with E-state index in [2.05, 4.69) is 5.32 Å². The third-order valence-electron chi connectivity index (χ3n) is 4.53. The summed E-state index contributed by atoms with van der Waals surface area (Å²) in [4.78, 5) is 24.5. The number of carbonyl (C=O) groups is 1. The molecule has 0 atom stereocenters. The molecule has 0 bridgehead atoms. The molecular formula is C21H18F3NO7. The highest BCUT2D eigenvalue weighted by molar-refractivity contribution is 6.10. The van der Waals surface area contributed by atoms with Gasteiger partial charge in [-0.1, -0.05) is 0 Å². The molecule has 0 radical (unpaired) electrons. The molecule has 0 spiro atoms. The minimum Gasteiger partial charge on any atom is -0.497 e. The minimum absolute atomic E-state index is 0.0188. The van der Waals surface area contributed by atoms with Crippen LogP contribution in [0.15, 0.2) is 39.5 Å². The number of halogens is 3. The Bertz CT molecular complexity index is 1210. The highest BCUT2D eigenvalue weighted by Gasteiger charge is 2.43. The number of methoxy groups -OCH3 is 4. The molecule has 11 heteroatoms. The van der Waals surface area contributed by atoms with Crippen LogP contribution in [-0.2, 0) is 0 Å². The second-order valence-corrected chi connectivity index (χ2v) is 6.37. The molecule has 170 valence electrons. The second kappa shape index (κ2) is 8.69. The largest absolute Gasteiger partial charge is 0.497 e. The maximum Gasteiger partial charge on any atom is 0.455 e. The van der Waals surface area contributed by atoms with Gasteiger partial charge in [0.1, 0.15) is 16.9 Å². The summed E-state index contributed by atoms with van der Waals surface area (Å²) in [6.45, 7) is 0. The first-order valence-corrected chi connectivity index (χ1v) is 8.98. The number of nitrogens with one attached hydrogen (secondary N) is 1. The van der Waals surface area contributed by atoms with Gasteiger partial charge in [0, 0.05) is 23.2 Å². The van der Waals surface area contributed by atoms with E-state index < -0.39 is 28.8 Å². The number of alkyl halides is 3. The molecule has 8 nitrogen and oxygen atoms in total. The van der Waals surface area contributed by atoms with Gasteiger partial charge in [0.05, 0.1) is 34.1 Å². The van der Waals surface area contributed by atoms with Gasteiger partial charge in [-0.3, -0.25) is 4.79 Å². The molecule has 1 heterocycles. The van der Waals surface area contributed by atoms with Crippen LogP contribution in [0.5, 0.6) is 23.0 Å². The topological polar surface area (TPSA) is 96.2 Å². The molecule has 0 saturated carbocycles. The third-order valence-corrected chi connectivity index (χ3v) is 4.53. The Morgan fingerprint density at radius 2 is 1.56 bits per heavy atom. The number of Topliss-reactive ketones (excluding diaryl/α,β-unsaturated/α-hetero) is 1. The van der Waals surface area contributed by atoms with Gasteiger partial charge >= 0.3 is 11.8 Å². The van der Waals surface area contributed by atoms with E-state index in [0.29, 0.717) is 0 Å². The van der Waals surface area contributed by atoms with Gasteiger partial charge in [0.2, 0.25) is 5.75 Å². The average Bonchev–Trinajstić information content (AvgIpc) is 2.77. The number of ketones is 1. The highest BCUT2D eigenvalue weighted by Crippen LogP contribution is 2.42. The van der Waals surface area contributed by atoms with Crippen molar-refractivity contribution in [3.8, 4) is 23.0 Å². The summed E-state index contributed by atoms with van der Waals surface area (Å²) in [6.07, 6.45) is -5.31. The number of hydrogen-bond donors (Lipinski definition) is 1. The van der Waals surface area contributed by atoms with Crippen molar-refractivity contribution in [2.24, 2.45) is 0 Å². The van der Waals surface area contributed by atoms with Crippen molar-refractivity contribution in [2.75, 3.05) is 33.8 Å². The van der Waals surface area contributed by atoms with E-state index in [1.807, 2.05) is 0 Å². The summed E-state index contributed by atoms with van der Waals surface area (Å²) < 4.78 is 65.6. The fraction of sp³-hybridized carbons (Fsp3) is 0.238. The molecule has 0 aliphatic carbocycles. The van der Waals surface area contributed by atoms with E-state index in [-0.39, 0.29) is 39.7 Å². The number of hydrogen-bond acceptors (Lipinski definition) is 8. The first kappa shape index (κ1) is 22.8. The molecule has 0 saturated heterocycles. The summed E-state index contributed by atoms with van der Waals surface area (Å²) in [5.74, 6) is -1.45. The normalized spacial score (nSPS) is 11.2. The smallest absolute Gasteiger partial charge is 0.455 e. The molecule has 1 aromatic heterocycles. The van der Waals surface area contributed by atoms with E-state index >= 15 is 0 Å². The fourth-order valence-electron chi connectivity index (χ4n) is 3.08. The number of carbonyl (C=O) groups excluding carboxylic acids is 1. The van der Waals surface area contributed by atoms with Crippen molar-refractivity contribution >= 4 is 28.1 Å². The van der Waals surface area contributed by atoms with E-state index in [1.54, 1.807) is 0 Å². The zero-order valence-corrected chi connectivity index (χ0v) is 17.4. The van der Waals surface area contributed by atoms with Gasteiger partial charge < -0.3 is 28.7 Å². The van der Waals surface area contributed by atoms with Crippen molar-refractivity contribution < 1.29 is 41.3 Å². The lowest BCUT2D eigenvalue weighted by Crippen LogP contribution is -2.29. The van der Waals surface area contributed by atoms with Crippen LogP contribution < -0.4 is 29.9 Å². The van der Waals surface area contributed by atoms with Crippen LogP contribution in [0.2, 0.25) is 0 Å². The molecule has 2 aromatic carbocycles. The molecule has 1 N–H and O–H groups in total. The van der Waals surface area contributed by atoms with Gasteiger partial charge in [-0.15, -0.1) is 0 Å². The number of fused-ring (bicyclic) bond motifs is 1. The van der Waals surface area contributed by atoms with Crippen LogP contribution in [0.25, 0.3) is 11.0 Å². The molecule has 32 heavy (non-hydrogen) atoms. The Morgan fingerprint density at radius 1 is 0.938 bits per heavy atom. The van der Waals surface area contributed by atoms with Crippen LogP contribution in [0.3, 0.4) is 0 Å². The van der Waals surface area contributed by atoms with Crippen molar-refractivity contribution in [1.82, 2.24) is 0 Å². The third kappa shape index (κ3) is 4.13. The lowest BCUT2D eigenvalue weighted by Gasteiger charge is -2.17. The maximum absolute atomic E-state index is 13.3. The second-order valence-electron chi connectivity index (χ2n) is 6.37. The van der Waals surface area contributed by atoms with E-state index in [1.165, 1.54) is 58.8 Å². The Kier molecular flexibility index (Phi) is 6.19. The van der Waals surface area contributed by atoms with Crippen LogP contribution in [-0.4, -0.2) is 40.4 Å². The molecule has 0 aliphatic rings. The van der Waals surface area contributed by atoms with Crippen molar-refractivity contribution in [2.45, 2.75) is 6.18 Å². The van der Waals surface area contributed by atoms with E-state index in [0.717, 1.165) is 0 Å². The number of rotatable bonds is 7. The molecule has 3 rings (SSSR count). The average molecular weight is 453 g/mol. The van der Waals surface area contributed by atoms with Crippen molar-refractivity contribution in [3.63, 3.8) is 0 Å². The zero-order valence-electron chi connectivity index (χ0n) is 17.4. The molecular weight excluding hydrogens is 435 g/mol. The molecule has 0 unspecified atom stereocenters. The quantitative estimate of drug-likeness (QED) is 0.418. The van der Waals surface area contributed by atoms with Gasteiger partial charge in [-0.05, 0) is 18.2 Å². The van der Waals surface area contributed by atoms with Gasteiger partial charge in [-0.25, -0.2) is 4.79 Å². The number of anilines is 2. The Hall–Kier alpha value is -3.89. The maximum atomic E-state index is 13.3. The summed E-state index contributed by atoms with van der Waals surface area (Å²) in [5, 5.41) is 2.73. The Morgan fingerprint density at radius 3 is 2.06 bits per heavy atom. The summed E-state index contributed by atoms with van der Waals surface area (Å²) in [7, 11) is 5.46. The summed E-state index contributed by atoms with van der Waals surface area (Å²) in [6, 6.07) is 6.96. The lowest BCUT2D eigenvalue weighted by atomic mass is 10.1. The van der Waals surface area contributed by atoms with Crippen LogP contribution >= 0.6 is 0 Å². The van der Waals surface area contributed by atoms with Gasteiger partial charge in [0.25, 0.3) is 5.78 Å². The predicted molar refractivity (Wildman–Crippen MR) is 109 cm³/mol. The molecule has 0 aliphatic heterocycles. The van der Waals surface area contributed by atoms with E-state index in [4.69, 9.17) is 23.4 Å². The lowest BCUT2D eigenvalue weighted by molar-refractivity contribution is -0.0886. The number of ether oxygens (including phenoxy) is 4. The zero-order chi connectivity index (χ0) is 23.6. The first-order valence-electron chi connectivity index (χ1n) is 8.98. The Balaban J connectivity index is 2.33. The van der Waals surface area contributed by atoms with Crippen molar-refractivity contribution in [3.05, 3.63) is 46.3 Å². The van der Waals surface area contributed by atoms with Gasteiger partial charge in [-0.2, -0.15) is 13.2 Å². The highest BCUT2D eigenvalue weighted by atomic mass is 19.4. The Labute approximate surface area is 179 Å². The van der Waals surface area contributed by atoms with E-state index in [9.17, 15) is 22.8 Å². The van der Waals surface area contributed by atoms with Crippen LogP contribution in [0.4, 0.5) is 24.5 Å². The predicted octanol–water partition coefficient (Wildman–Crippen LogP) is 4.32. The molecule has 0 fully saturated rings. The molecule has 3 aromatic rings. The first-order chi connectivity index (χ1) is 15.1. The fourth-order valence-corrected chi connectivity index (χ4v) is 3.08. The molecule has 0 amide bonds. The minimum atomic E-state index is -5.31. The monoisotopic (exact) mass is 453 g/mol. The van der Waals surface area contributed by atoms with Gasteiger partial charge in [0.15, 0.2) is 11.5 Å². The van der Waals surface area contributed by atoms with Crippen LogP contribution in [0, 0.1) is 0 Å². The summed E-state index contributed by atoms with van der Waals surface area (Å²) in [5.41, 5.74) is -2.95. The standard InChI is InChI=1S/C21H18F3NO7/c1-28-11-5-6-13-12(9-11)17(16(20(27)32-13)19(26)21(22,23)24)25-10-7-14(29-2)18(31-4)15(8-10)30-3/h5-9,25H,1-4H3. The van der Waals surface area contributed by atoms with Crippen LogP contribution in [0.1, 0.15) is 10.4 Å². The SMILES string of the molecule is COc1ccc2oc(=O)c(C(=O)C(F)(F)F)c(Nc3cc(OC)c(OC)c(OC)c3)c2c1.